The number of hydrogen-bond acceptors (Lipinski definition) is 1. The van der Waals surface area contributed by atoms with E-state index in [4.69, 9.17) is 11.6 Å². The zero-order valence-corrected chi connectivity index (χ0v) is 12.7. The van der Waals surface area contributed by atoms with Gasteiger partial charge in [0.1, 0.15) is 0 Å². The molecule has 1 aromatic carbocycles. The number of amides is 1. The van der Waals surface area contributed by atoms with Crippen molar-refractivity contribution in [3.63, 3.8) is 0 Å². The maximum atomic E-state index is 11.8. The Bertz CT molecular complexity index is 412. The quantitative estimate of drug-likeness (QED) is 0.886. The van der Waals surface area contributed by atoms with Crippen LogP contribution in [0.4, 0.5) is 0 Å². The third-order valence-electron chi connectivity index (χ3n) is 2.34. The molecule has 0 aliphatic carbocycles. The van der Waals surface area contributed by atoms with Crippen LogP contribution in [0.2, 0.25) is 5.02 Å². The first kappa shape index (κ1) is 14.5. The molecule has 1 amide bonds. The van der Waals surface area contributed by atoms with Gasteiger partial charge in [-0.15, -0.1) is 0 Å². The summed E-state index contributed by atoms with van der Waals surface area (Å²) in [6.07, 6.45) is 0.947. The lowest BCUT2D eigenvalue weighted by Gasteiger charge is -2.18. The number of rotatable bonds is 3. The van der Waals surface area contributed by atoms with Crippen LogP contribution in [0.5, 0.6) is 0 Å². The van der Waals surface area contributed by atoms with Crippen LogP contribution in [-0.2, 0) is 0 Å². The molecule has 0 bridgehead atoms. The van der Waals surface area contributed by atoms with Crippen molar-refractivity contribution >= 4 is 33.4 Å². The Kier molecular flexibility index (Phi) is 5.02. The second-order valence-electron chi connectivity index (χ2n) is 5.20. The summed E-state index contributed by atoms with van der Waals surface area (Å²) < 4.78 is 0.797. The monoisotopic (exact) mass is 317 g/mol. The first-order valence-electron chi connectivity index (χ1n) is 5.53. The van der Waals surface area contributed by atoms with Gasteiger partial charge >= 0.3 is 0 Å². The highest BCUT2D eigenvalue weighted by molar-refractivity contribution is 9.10. The van der Waals surface area contributed by atoms with Crippen LogP contribution in [0.25, 0.3) is 0 Å². The number of halogens is 2. The van der Waals surface area contributed by atoms with E-state index in [0.29, 0.717) is 17.1 Å². The van der Waals surface area contributed by atoms with Gasteiger partial charge in [-0.3, -0.25) is 4.79 Å². The topological polar surface area (TPSA) is 29.1 Å². The molecule has 1 rings (SSSR count). The molecule has 0 saturated heterocycles. The van der Waals surface area contributed by atoms with Gasteiger partial charge in [0.05, 0.1) is 5.02 Å². The number of benzene rings is 1. The van der Waals surface area contributed by atoms with Crippen LogP contribution in [-0.4, -0.2) is 12.5 Å². The summed E-state index contributed by atoms with van der Waals surface area (Å²) in [5, 5.41) is 3.44. The molecule has 1 aromatic rings. The molecule has 0 radical (unpaired) electrons. The standard InChI is InChI=1S/C13H17BrClNO/c1-13(2,3)6-7-16-12(17)9-4-5-10(14)11(15)8-9/h4-5,8H,6-7H2,1-3H3,(H,16,17). The lowest BCUT2D eigenvalue weighted by atomic mass is 9.92. The van der Waals surface area contributed by atoms with Crippen molar-refractivity contribution in [3.05, 3.63) is 33.3 Å². The SMILES string of the molecule is CC(C)(C)CCNC(=O)c1ccc(Br)c(Cl)c1. The van der Waals surface area contributed by atoms with E-state index in [1.807, 2.05) is 0 Å². The van der Waals surface area contributed by atoms with Gasteiger partial charge in [-0.05, 0) is 46.0 Å². The number of nitrogens with one attached hydrogen (secondary N) is 1. The Labute approximate surface area is 116 Å². The molecule has 1 N–H and O–H groups in total. The molecule has 0 unspecified atom stereocenters. The highest BCUT2D eigenvalue weighted by Gasteiger charge is 2.11. The van der Waals surface area contributed by atoms with Crippen molar-refractivity contribution in [2.24, 2.45) is 5.41 Å². The van der Waals surface area contributed by atoms with Crippen molar-refractivity contribution in [2.75, 3.05) is 6.54 Å². The molecule has 2 nitrogen and oxygen atoms in total. The Morgan fingerprint density at radius 1 is 1.41 bits per heavy atom. The Morgan fingerprint density at radius 2 is 2.06 bits per heavy atom. The zero-order valence-electron chi connectivity index (χ0n) is 10.3. The van der Waals surface area contributed by atoms with Crippen LogP contribution in [0.15, 0.2) is 22.7 Å². The predicted octanol–water partition coefficient (Wildman–Crippen LogP) is 4.27. The molecule has 0 saturated carbocycles. The van der Waals surface area contributed by atoms with Crippen LogP contribution in [0, 0.1) is 5.41 Å². The molecule has 0 aromatic heterocycles. The normalized spacial score (nSPS) is 11.4. The number of hydrogen-bond donors (Lipinski definition) is 1. The summed E-state index contributed by atoms with van der Waals surface area (Å²) in [5.74, 6) is -0.0800. The van der Waals surface area contributed by atoms with E-state index < -0.39 is 0 Å². The van der Waals surface area contributed by atoms with Gasteiger partial charge in [0.25, 0.3) is 5.91 Å². The molecular formula is C13H17BrClNO. The van der Waals surface area contributed by atoms with Crippen LogP contribution >= 0.6 is 27.5 Å². The Morgan fingerprint density at radius 3 is 2.59 bits per heavy atom. The maximum Gasteiger partial charge on any atom is 0.251 e. The first-order valence-corrected chi connectivity index (χ1v) is 6.70. The van der Waals surface area contributed by atoms with Crippen LogP contribution < -0.4 is 5.32 Å². The van der Waals surface area contributed by atoms with Gasteiger partial charge in [0.15, 0.2) is 0 Å². The third kappa shape index (κ3) is 5.09. The van der Waals surface area contributed by atoms with Gasteiger partial charge in [-0.25, -0.2) is 0 Å². The van der Waals surface area contributed by atoms with Crippen LogP contribution in [0.3, 0.4) is 0 Å². The zero-order chi connectivity index (χ0) is 13.1. The Balaban J connectivity index is 2.56. The maximum absolute atomic E-state index is 11.8. The molecule has 4 heteroatoms. The average molecular weight is 319 g/mol. The molecule has 0 aliphatic heterocycles. The lowest BCUT2D eigenvalue weighted by molar-refractivity contribution is 0.0949. The summed E-state index contributed by atoms with van der Waals surface area (Å²) in [6, 6.07) is 5.20. The van der Waals surface area contributed by atoms with Gasteiger partial charge < -0.3 is 5.32 Å². The fraction of sp³-hybridized carbons (Fsp3) is 0.462. The third-order valence-corrected chi connectivity index (χ3v) is 3.57. The molecule has 0 aliphatic rings. The van der Waals surface area contributed by atoms with Crippen molar-refractivity contribution < 1.29 is 4.79 Å². The summed E-state index contributed by atoms with van der Waals surface area (Å²) in [7, 11) is 0. The first-order chi connectivity index (χ1) is 7.79. The van der Waals surface area contributed by atoms with Gasteiger partial charge in [-0.2, -0.15) is 0 Å². The second kappa shape index (κ2) is 5.87. The molecule has 0 heterocycles. The van der Waals surface area contributed by atoms with E-state index in [2.05, 4.69) is 42.0 Å². The molecule has 94 valence electrons. The van der Waals surface area contributed by atoms with Crippen LogP contribution in [0.1, 0.15) is 37.6 Å². The van der Waals surface area contributed by atoms with Crippen molar-refractivity contribution in [3.8, 4) is 0 Å². The Hall–Kier alpha value is -0.540. The highest BCUT2D eigenvalue weighted by Crippen LogP contribution is 2.23. The largest absolute Gasteiger partial charge is 0.352 e. The number of carbonyl (C=O) groups is 1. The van der Waals surface area contributed by atoms with E-state index in [-0.39, 0.29) is 11.3 Å². The van der Waals surface area contributed by atoms with E-state index in [9.17, 15) is 4.79 Å². The minimum Gasteiger partial charge on any atom is -0.352 e. The molecular weight excluding hydrogens is 302 g/mol. The van der Waals surface area contributed by atoms with Gasteiger partial charge in [0, 0.05) is 16.6 Å². The van der Waals surface area contributed by atoms with Crippen molar-refractivity contribution in [1.82, 2.24) is 5.32 Å². The fourth-order valence-electron chi connectivity index (χ4n) is 1.29. The lowest BCUT2D eigenvalue weighted by Crippen LogP contribution is -2.27. The van der Waals surface area contributed by atoms with E-state index in [1.54, 1.807) is 18.2 Å². The minimum atomic E-state index is -0.0800. The van der Waals surface area contributed by atoms with Crippen molar-refractivity contribution in [1.29, 1.82) is 0 Å². The van der Waals surface area contributed by atoms with E-state index in [1.165, 1.54) is 0 Å². The average Bonchev–Trinajstić information content (AvgIpc) is 2.20. The van der Waals surface area contributed by atoms with Gasteiger partial charge in [-0.1, -0.05) is 32.4 Å². The molecule has 0 atom stereocenters. The number of carbonyl (C=O) groups excluding carboxylic acids is 1. The highest BCUT2D eigenvalue weighted by atomic mass is 79.9. The summed E-state index contributed by atoms with van der Waals surface area (Å²) in [5.41, 5.74) is 0.817. The summed E-state index contributed by atoms with van der Waals surface area (Å²) in [6.45, 7) is 7.12. The summed E-state index contributed by atoms with van der Waals surface area (Å²) in [4.78, 5) is 11.8. The second-order valence-corrected chi connectivity index (χ2v) is 6.46. The smallest absolute Gasteiger partial charge is 0.251 e. The molecule has 17 heavy (non-hydrogen) atoms. The minimum absolute atomic E-state index is 0.0800. The van der Waals surface area contributed by atoms with E-state index in [0.717, 1.165) is 10.9 Å². The summed E-state index contributed by atoms with van der Waals surface area (Å²) >= 11 is 9.23. The molecule has 0 fully saturated rings. The van der Waals surface area contributed by atoms with Gasteiger partial charge in [0.2, 0.25) is 0 Å². The van der Waals surface area contributed by atoms with Crippen molar-refractivity contribution in [2.45, 2.75) is 27.2 Å². The predicted molar refractivity (Wildman–Crippen MR) is 75.6 cm³/mol. The fourth-order valence-corrected chi connectivity index (χ4v) is 1.72. The molecule has 0 spiro atoms. The van der Waals surface area contributed by atoms with E-state index >= 15 is 0 Å².